The van der Waals surface area contributed by atoms with Gasteiger partial charge in [-0.1, -0.05) is 109 Å². The zero-order chi connectivity index (χ0) is 22.7. The average molecular weight is 454 g/mol. The molecule has 0 aliphatic carbocycles. The molecular weight excluding hydrogens is 430 g/mol. The molecule has 33 heavy (non-hydrogen) atoms. The lowest BCUT2D eigenvalue weighted by atomic mass is 10.0. The van der Waals surface area contributed by atoms with Crippen molar-refractivity contribution in [2.75, 3.05) is 0 Å². The molecule has 2 unspecified atom stereocenters. The Balaban J connectivity index is 1.77. The lowest BCUT2D eigenvalue weighted by Crippen LogP contribution is -2.36. The van der Waals surface area contributed by atoms with E-state index in [1.165, 1.54) is 0 Å². The molecule has 0 bridgehead atoms. The van der Waals surface area contributed by atoms with Crippen LogP contribution < -0.4 is 5.32 Å². The maximum Gasteiger partial charge on any atom is 0.208 e. The number of hydrogen-bond acceptors (Lipinski definition) is 4. The van der Waals surface area contributed by atoms with Crippen molar-refractivity contribution < 1.29 is 13.2 Å². The van der Waals surface area contributed by atoms with Crippen molar-refractivity contribution >= 4 is 15.6 Å². The van der Waals surface area contributed by atoms with Gasteiger partial charge >= 0.3 is 0 Å². The molecule has 0 amide bonds. The topological polar surface area (TPSA) is 55.4 Å². The molecule has 164 valence electrons. The third-order valence-corrected chi connectivity index (χ3v) is 7.55. The van der Waals surface area contributed by atoms with Crippen LogP contribution in [0.2, 0.25) is 0 Å². The van der Waals surface area contributed by atoms with E-state index in [0.29, 0.717) is 5.76 Å². The smallest absolute Gasteiger partial charge is 0.208 e. The molecule has 1 N–H and O–H groups in total. The van der Waals surface area contributed by atoms with Crippen LogP contribution in [0, 0.1) is 0 Å². The van der Waals surface area contributed by atoms with E-state index in [4.69, 9.17) is 4.74 Å². The fourth-order valence-corrected chi connectivity index (χ4v) is 5.75. The molecule has 1 heterocycles. The summed E-state index contributed by atoms with van der Waals surface area (Å²) < 4.78 is 34.5. The molecule has 5 rings (SSSR count). The van der Waals surface area contributed by atoms with Gasteiger partial charge in [-0.15, -0.1) is 0 Å². The van der Waals surface area contributed by atoms with Gasteiger partial charge in [0, 0.05) is 11.1 Å². The lowest BCUT2D eigenvalue weighted by Gasteiger charge is -2.36. The van der Waals surface area contributed by atoms with Crippen molar-refractivity contribution in [3.63, 3.8) is 0 Å². The fraction of sp³-hybridized carbons (Fsp3) is 0.0714. The van der Waals surface area contributed by atoms with Crippen LogP contribution in [0.25, 0.3) is 5.76 Å². The second-order valence-electron chi connectivity index (χ2n) is 7.79. The van der Waals surface area contributed by atoms with Crippen molar-refractivity contribution in [3.05, 3.63) is 143 Å². The summed E-state index contributed by atoms with van der Waals surface area (Å²) in [6, 6.07) is 36.8. The fourth-order valence-electron chi connectivity index (χ4n) is 4.06. The maximum absolute atomic E-state index is 14.0. The summed E-state index contributed by atoms with van der Waals surface area (Å²) in [6.45, 7) is 0. The molecular formula is C28H23NO3S. The van der Waals surface area contributed by atoms with Crippen LogP contribution in [0.3, 0.4) is 0 Å². The Morgan fingerprint density at radius 1 is 0.606 bits per heavy atom. The monoisotopic (exact) mass is 453 g/mol. The van der Waals surface area contributed by atoms with Gasteiger partial charge in [-0.3, -0.25) is 5.32 Å². The van der Waals surface area contributed by atoms with Gasteiger partial charge < -0.3 is 4.74 Å². The molecule has 1 aliphatic heterocycles. The largest absolute Gasteiger partial charge is 0.469 e. The Bertz CT molecular complexity index is 1350. The molecule has 2 atom stereocenters. The molecule has 0 aromatic heterocycles. The van der Waals surface area contributed by atoms with Crippen molar-refractivity contribution in [1.29, 1.82) is 0 Å². The highest BCUT2D eigenvalue weighted by atomic mass is 32.2. The van der Waals surface area contributed by atoms with Gasteiger partial charge in [0.2, 0.25) is 9.84 Å². The van der Waals surface area contributed by atoms with E-state index in [1.807, 2.05) is 91.0 Å². The van der Waals surface area contributed by atoms with Crippen LogP contribution in [0.15, 0.2) is 131 Å². The average Bonchev–Trinajstić information content (AvgIpc) is 2.90. The second-order valence-corrected chi connectivity index (χ2v) is 9.71. The molecule has 0 spiro atoms. The summed E-state index contributed by atoms with van der Waals surface area (Å²) in [5, 5.41) is 3.45. The minimum absolute atomic E-state index is 0.207. The third kappa shape index (κ3) is 4.21. The minimum atomic E-state index is -3.87. The molecule has 1 aliphatic rings. The van der Waals surface area contributed by atoms with Crippen molar-refractivity contribution in [2.45, 2.75) is 17.2 Å². The minimum Gasteiger partial charge on any atom is -0.469 e. The Hall–Kier alpha value is -3.67. The predicted molar refractivity (Wildman–Crippen MR) is 130 cm³/mol. The summed E-state index contributed by atoms with van der Waals surface area (Å²) >= 11 is 0. The molecule has 0 fully saturated rings. The van der Waals surface area contributed by atoms with Gasteiger partial charge in [-0.25, -0.2) is 8.42 Å². The normalized spacial score (nSPS) is 18.5. The number of ether oxygens (including phenoxy) is 1. The quantitative estimate of drug-likeness (QED) is 0.409. The van der Waals surface area contributed by atoms with Crippen LogP contribution in [0.1, 0.15) is 29.0 Å². The summed E-state index contributed by atoms with van der Waals surface area (Å²) in [6.07, 6.45) is -0.513. The second kappa shape index (κ2) is 9.06. The van der Waals surface area contributed by atoms with Crippen LogP contribution >= 0.6 is 0 Å². The van der Waals surface area contributed by atoms with E-state index >= 15 is 0 Å². The summed E-state index contributed by atoms with van der Waals surface area (Å²) in [7, 11) is -3.87. The van der Waals surface area contributed by atoms with Crippen molar-refractivity contribution in [3.8, 4) is 0 Å². The van der Waals surface area contributed by atoms with Gasteiger partial charge in [0.1, 0.15) is 10.7 Å². The summed E-state index contributed by atoms with van der Waals surface area (Å²) in [4.78, 5) is 0.441. The first kappa shape index (κ1) is 21.2. The number of hydrogen-bond donors (Lipinski definition) is 1. The van der Waals surface area contributed by atoms with E-state index in [0.717, 1.165) is 16.7 Å². The van der Waals surface area contributed by atoms with Gasteiger partial charge in [0.15, 0.2) is 6.23 Å². The van der Waals surface area contributed by atoms with Crippen LogP contribution in [-0.2, 0) is 14.6 Å². The van der Waals surface area contributed by atoms with Crippen molar-refractivity contribution in [2.24, 2.45) is 0 Å². The standard InChI is InChI=1S/C28H23NO3S/c30-33(31,24-19-11-4-12-20-24)27-25(21-13-5-1-6-14-21)29-28(23-17-9-3-10-18-23)32-26(27)22-15-7-2-8-16-22/h1-20,25,28-29H. The molecule has 4 nitrogen and oxygen atoms in total. The molecule has 0 radical (unpaired) electrons. The lowest BCUT2D eigenvalue weighted by molar-refractivity contribution is 0.107. The zero-order valence-electron chi connectivity index (χ0n) is 17.8. The summed E-state index contributed by atoms with van der Waals surface area (Å²) in [5.41, 5.74) is 2.49. The van der Waals surface area contributed by atoms with Gasteiger partial charge in [0.05, 0.1) is 10.9 Å². The van der Waals surface area contributed by atoms with E-state index in [9.17, 15) is 8.42 Å². The molecule has 0 saturated heterocycles. The molecule has 5 heteroatoms. The van der Waals surface area contributed by atoms with Crippen LogP contribution in [0.4, 0.5) is 0 Å². The van der Waals surface area contributed by atoms with E-state index in [-0.39, 0.29) is 9.80 Å². The Kier molecular flexibility index (Phi) is 5.82. The zero-order valence-corrected chi connectivity index (χ0v) is 18.7. The predicted octanol–water partition coefficient (Wildman–Crippen LogP) is 5.89. The van der Waals surface area contributed by atoms with Crippen LogP contribution in [-0.4, -0.2) is 8.42 Å². The summed E-state index contributed by atoms with van der Waals surface area (Å²) in [5.74, 6) is 0.362. The first-order valence-electron chi connectivity index (χ1n) is 10.8. The van der Waals surface area contributed by atoms with Gasteiger partial charge in [-0.2, -0.15) is 0 Å². The number of rotatable bonds is 5. The maximum atomic E-state index is 14.0. The Morgan fingerprint density at radius 3 is 1.67 bits per heavy atom. The Labute approximate surface area is 194 Å². The van der Waals surface area contributed by atoms with E-state index in [1.54, 1.807) is 30.3 Å². The number of nitrogens with one attached hydrogen (secondary N) is 1. The number of benzene rings is 4. The van der Waals surface area contributed by atoms with Crippen LogP contribution in [0.5, 0.6) is 0 Å². The first-order valence-corrected chi connectivity index (χ1v) is 12.3. The van der Waals surface area contributed by atoms with Gasteiger partial charge in [0.25, 0.3) is 0 Å². The van der Waals surface area contributed by atoms with E-state index < -0.39 is 22.1 Å². The first-order chi connectivity index (χ1) is 16.1. The highest BCUT2D eigenvalue weighted by Crippen LogP contribution is 2.43. The molecule has 0 saturated carbocycles. The Morgan fingerprint density at radius 2 is 1.09 bits per heavy atom. The van der Waals surface area contributed by atoms with Crippen molar-refractivity contribution in [1.82, 2.24) is 5.32 Å². The highest BCUT2D eigenvalue weighted by Gasteiger charge is 2.40. The van der Waals surface area contributed by atoms with E-state index in [2.05, 4.69) is 5.32 Å². The van der Waals surface area contributed by atoms with Gasteiger partial charge in [-0.05, 0) is 17.7 Å². The highest BCUT2D eigenvalue weighted by molar-refractivity contribution is 7.95. The number of sulfone groups is 1. The molecule has 4 aromatic carbocycles. The molecule has 4 aromatic rings. The SMILES string of the molecule is O=S(=O)(C1=C(c2ccccc2)OC(c2ccccc2)NC1c1ccccc1)c1ccccc1. The third-order valence-electron chi connectivity index (χ3n) is 5.65.